The number of nitrogens with one attached hydrogen (secondary N) is 1. The lowest BCUT2D eigenvalue weighted by atomic mass is 10.4. The van der Waals surface area contributed by atoms with E-state index >= 15 is 0 Å². The van der Waals surface area contributed by atoms with Gasteiger partial charge in [-0.3, -0.25) is 4.68 Å². The summed E-state index contributed by atoms with van der Waals surface area (Å²) in [4.78, 5) is 8.54. The minimum Gasteiger partial charge on any atom is -0.353 e. The maximum atomic E-state index is 4.32. The zero-order valence-corrected chi connectivity index (χ0v) is 9.87. The summed E-state index contributed by atoms with van der Waals surface area (Å²) >= 11 is 0. The van der Waals surface area contributed by atoms with Crippen LogP contribution in [0.1, 0.15) is 18.7 Å². The Labute approximate surface area is 99.7 Å². The van der Waals surface area contributed by atoms with Gasteiger partial charge in [0.05, 0.1) is 0 Å². The molecular formula is C11H16N6. The van der Waals surface area contributed by atoms with Crippen LogP contribution in [0.5, 0.6) is 0 Å². The molecule has 6 nitrogen and oxygen atoms in total. The number of aryl methyl sites for hydroxylation is 3. The zero-order valence-electron chi connectivity index (χ0n) is 9.87. The van der Waals surface area contributed by atoms with Gasteiger partial charge in [-0.05, 0) is 12.8 Å². The van der Waals surface area contributed by atoms with Crippen LogP contribution in [-0.4, -0.2) is 30.4 Å². The molecular weight excluding hydrogens is 216 g/mol. The molecule has 2 aromatic heterocycles. The Morgan fingerprint density at radius 2 is 2.29 bits per heavy atom. The Morgan fingerprint density at radius 1 is 1.41 bits per heavy atom. The maximum absolute atomic E-state index is 4.32. The fourth-order valence-electron chi connectivity index (χ4n) is 1.76. The van der Waals surface area contributed by atoms with E-state index in [9.17, 15) is 0 Å². The standard InChI is InChI=1S/C11H16N6/c1-16-8-13-10(15-16)4-6-17-7-5-12-11(17)14-9-2-3-9/h5,7-9H,2-4,6H2,1H3,(H,12,14). The number of anilines is 1. The van der Waals surface area contributed by atoms with Crippen molar-refractivity contribution in [2.75, 3.05) is 5.32 Å². The Hall–Kier alpha value is -1.85. The molecule has 2 heterocycles. The summed E-state index contributed by atoms with van der Waals surface area (Å²) < 4.78 is 3.85. The highest BCUT2D eigenvalue weighted by Gasteiger charge is 2.22. The molecule has 17 heavy (non-hydrogen) atoms. The lowest BCUT2D eigenvalue weighted by Gasteiger charge is -2.07. The molecule has 1 N–H and O–H groups in total. The topological polar surface area (TPSA) is 60.6 Å². The van der Waals surface area contributed by atoms with Gasteiger partial charge in [0.25, 0.3) is 0 Å². The summed E-state index contributed by atoms with van der Waals surface area (Å²) in [5.41, 5.74) is 0. The molecule has 0 atom stereocenters. The van der Waals surface area contributed by atoms with Crippen LogP contribution in [0.15, 0.2) is 18.7 Å². The van der Waals surface area contributed by atoms with Gasteiger partial charge >= 0.3 is 0 Å². The first-order valence-corrected chi connectivity index (χ1v) is 5.93. The van der Waals surface area contributed by atoms with E-state index in [2.05, 4.69) is 25.0 Å². The molecule has 0 aromatic carbocycles. The summed E-state index contributed by atoms with van der Waals surface area (Å²) in [6, 6.07) is 0.629. The van der Waals surface area contributed by atoms with Gasteiger partial charge in [-0.25, -0.2) is 9.97 Å². The summed E-state index contributed by atoms with van der Waals surface area (Å²) in [5.74, 6) is 1.84. The molecule has 0 unspecified atom stereocenters. The predicted octanol–water partition coefficient (Wildman–Crippen LogP) is 0.829. The van der Waals surface area contributed by atoms with Crippen LogP contribution in [0.2, 0.25) is 0 Å². The first-order chi connectivity index (χ1) is 8.31. The normalized spacial score (nSPS) is 15.1. The van der Waals surface area contributed by atoms with E-state index in [4.69, 9.17) is 0 Å². The monoisotopic (exact) mass is 232 g/mol. The van der Waals surface area contributed by atoms with E-state index < -0.39 is 0 Å². The molecule has 6 heteroatoms. The Balaban J connectivity index is 1.62. The SMILES string of the molecule is Cn1cnc(CCn2ccnc2NC2CC2)n1. The van der Waals surface area contributed by atoms with Crippen LogP contribution in [0.3, 0.4) is 0 Å². The second-order valence-electron chi connectivity index (χ2n) is 4.45. The highest BCUT2D eigenvalue weighted by molar-refractivity contribution is 5.29. The quantitative estimate of drug-likeness (QED) is 0.829. The van der Waals surface area contributed by atoms with Crippen molar-refractivity contribution in [1.82, 2.24) is 24.3 Å². The summed E-state index contributed by atoms with van der Waals surface area (Å²) in [6.45, 7) is 0.860. The zero-order chi connectivity index (χ0) is 11.7. The lowest BCUT2D eigenvalue weighted by Crippen LogP contribution is -2.10. The molecule has 0 radical (unpaired) electrons. The predicted molar refractivity (Wildman–Crippen MR) is 63.6 cm³/mol. The van der Waals surface area contributed by atoms with E-state index in [1.807, 2.05) is 19.4 Å². The Morgan fingerprint density at radius 3 is 3.00 bits per heavy atom. The van der Waals surface area contributed by atoms with Crippen molar-refractivity contribution >= 4 is 5.95 Å². The minimum absolute atomic E-state index is 0.629. The van der Waals surface area contributed by atoms with E-state index in [1.54, 1.807) is 11.0 Å². The first kappa shape index (κ1) is 10.3. The molecule has 0 aliphatic heterocycles. The number of hydrogen-bond acceptors (Lipinski definition) is 4. The van der Waals surface area contributed by atoms with Crippen LogP contribution < -0.4 is 5.32 Å². The van der Waals surface area contributed by atoms with E-state index in [0.29, 0.717) is 6.04 Å². The molecule has 90 valence electrons. The van der Waals surface area contributed by atoms with Gasteiger partial charge in [0, 0.05) is 38.4 Å². The molecule has 1 aliphatic carbocycles. The van der Waals surface area contributed by atoms with Gasteiger partial charge in [0.15, 0.2) is 5.82 Å². The van der Waals surface area contributed by atoms with Gasteiger partial charge in [-0.15, -0.1) is 0 Å². The van der Waals surface area contributed by atoms with Gasteiger partial charge in [-0.2, -0.15) is 5.10 Å². The average molecular weight is 232 g/mol. The number of imidazole rings is 1. The van der Waals surface area contributed by atoms with Crippen LogP contribution >= 0.6 is 0 Å². The highest BCUT2D eigenvalue weighted by Crippen LogP contribution is 2.23. The van der Waals surface area contributed by atoms with E-state index in [1.165, 1.54) is 12.8 Å². The van der Waals surface area contributed by atoms with E-state index in [-0.39, 0.29) is 0 Å². The lowest BCUT2D eigenvalue weighted by molar-refractivity contribution is 0.661. The molecule has 2 aromatic rings. The number of rotatable bonds is 5. The van der Waals surface area contributed by atoms with E-state index in [0.717, 1.165) is 24.7 Å². The van der Waals surface area contributed by atoms with Gasteiger partial charge in [0.2, 0.25) is 5.95 Å². The molecule has 0 bridgehead atoms. The molecule has 1 fully saturated rings. The summed E-state index contributed by atoms with van der Waals surface area (Å²) in [5, 5.41) is 7.68. The second kappa shape index (κ2) is 4.20. The minimum atomic E-state index is 0.629. The van der Waals surface area contributed by atoms with Gasteiger partial charge in [0.1, 0.15) is 6.33 Å². The molecule has 1 saturated carbocycles. The third-order valence-electron chi connectivity index (χ3n) is 2.85. The highest BCUT2D eigenvalue weighted by atomic mass is 15.3. The van der Waals surface area contributed by atoms with Crippen molar-refractivity contribution in [1.29, 1.82) is 0 Å². The second-order valence-corrected chi connectivity index (χ2v) is 4.45. The fraction of sp³-hybridized carbons (Fsp3) is 0.545. The fourth-order valence-corrected chi connectivity index (χ4v) is 1.76. The summed E-state index contributed by atoms with van der Waals surface area (Å²) in [6.07, 6.45) is 8.90. The van der Waals surface area contributed by atoms with Crippen molar-refractivity contribution < 1.29 is 0 Å². The van der Waals surface area contributed by atoms with Crippen molar-refractivity contribution in [3.63, 3.8) is 0 Å². The maximum Gasteiger partial charge on any atom is 0.202 e. The van der Waals surface area contributed by atoms with Crippen LogP contribution in [-0.2, 0) is 20.0 Å². The Kier molecular flexibility index (Phi) is 2.55. The Bertz CT molecular complexity index is 496. The first-order valence-electron chi connectivity index (χ1n) is 5.93. The summed E-state index contributed by atoms with van der Waals surface area (Å²) in [7, 11) is 1.88. The average Bonchev–Trinajstić information content (AvgIpc) is 2.84. The van der Waals surface area contributed by atoms with Gasteiger partial charge < -0.3 is 9.88 Å². The molecule has 1 aliphatic rings. The third kappa shape index (κ3) is 2.46. The van der Waals surface area contributed by atoms with Crippen LogP contribution in [0.4, 0.5) is 5.95 Å². The third-order valence-corrected chi connectivity index (χ3v) is 2.85. The molecule has 0 amide bonds. The number of aromatic nitrogens is 5. The van der Waals surface area contributed by atoms with Crippen LogP contribution in [0.25, 0.3) is 0 Å². The van der Waals surface area contributed by atoms with Crippen molar-refractivity contribution in [2.45, 2.75) is 31.8 Å². The largest absolute Gasteiger partial charge is 0.353 e. The smallest absolute Gasteiger partial charge is 0.202 e. The van der Waals surface area contributed by atoms with Crippen molar-refractivity contribution in [3.05, 3.63) is 24.5 Å². The molecule has 0 spiro atoms. The molecule has 0 saturated heterocycles. The number of nitrogens with zero attached hydrogens (tertiary/aromatic N) is 5. The van der Waals surface area contributed by atoms with Crippen molar-refractivity contribution in [3.8, 4) is 0 Å². The van der Waals surface area contributed by atoms with Crippen molar-refractivity contribution in [2.24, 2.45) is 7.05 Å². The van der Waals surface area contributed by atoms with Crippen LogP contribution in [0, 0.1) is 0 Å². The van der Waals surface area contributed by atoms with Gasteiger partial charge in [-0.1, -0.05) is 0 Å². The number of hydrogen-bond donors (Lipinski definition) is 1. The molecule has 3 rings (SSSR count).